The van der Waals surface area contributed by atoms with Crippen LogP contribution in [0, 0.1) is 6.92 Å². The first-order valence-corrected chi connectivity index (χ1v) is 12.6. The molecule has 1 saturated heterocycles. The van der Waals surface area contributed by atoms with E-state index in [9.17, 15) is 4.79 Å². The Balaban J connectivity index is 1.31. The first-order chi connectivity index (χ1) is 18.2. The summed E-state index contributed by atoms with van der Waals surface area (Å²) in [6.07, 6.45) is 0.519. The summed E-state index contributed by atoms with van der Waals surface area (Å²) in [5.41, 5.74) is 4.78. The van der Waals surface area contributed by atoms with Crippen LogP contribution in [0.15, 0.2) is 78.9 Å². The van der Waals surface area contributed by atoms with Crippen LogP contribution in [-0.4, -0.2) is 56.8 Å². The fourth-order valence-corrected chi connectivity index (χ4v) is 4.86. The summed E-state index contributed by atoms with van der Waals surface area (Å²) in [6, 6.07) is 26.0. The highest BCUT2D eigenvalue weighted by molar-refractivity contribution is 5.93. The molecule has 8 heteroatoms. The molecular weight excluding hydrogens is 464 g/mol. The quantitative estimate of drug-likeness (QED) is 0.347. The SMILES string of the molecule is Cc1cccc(-c2nnc3c4ccccc4nc(N4CCCN(C(=O)OCc5ccccc5)CC4)n23)c1. The lowest BCUT2D eigenvalue weighted by Crippen LogP contribution is -2.36. The molecule has 3 aromatic carbocycles. The molecule has 1 aliphatic rings. The summed E-state index contributed by atoms with van der Waals surface area (Å²) < 4.78 is 7.65. The summed E-state index contributed by atoms with van der Waals surface area (Å²) in [5, 5.41) is 10.1. The van der Waals surface area contributed by atoms with Gasteiger partial charge in [0.05, 0.1) is 5.52 Å². The van der Waals surface area contributed by atoms with Crippen LogP contribution in [0.4, 0.5) is 10.7 Å². The second kappa shape index (κ2) is 9.89. The minimum Gasteiger partial charge on any atom is -0.445 e. The lowest BCUT2D eigenvalue weighted by atomic mass is 10.1. The Morgan fingerprint density at radius 3 is 2.59 bits per heavy atom. The monoisotopic (exact) mass is 492 g/mol. The van der Waals surface area contributed by atoms with Crippen molar-refractivity contribution >= 4 is 28.6 Å². The lowest BCUT2D eigenvalue weighted by Gasteiger charge is -2.24. The molecule has 1 aliphatic heterocycles. The van der Waals surface area contributed by atoms with E-state index in [2.05, 4.69) is 44.6 Å². The van der Waals surface area contributed by atoms with E-state index in [1.165, 1.54) is 0 Å². The number of para-hydroxylation sites is 1. The maximum absolute atomic E-state index is 12.8. The Kier molecular flexibility index (Phi) is 6.14. The normalized spacial score (nSPS) is 14.2. The number of rotatable bonds is 4. The van der Waals surface area contributed by atoms with Gasteiger partial charge in [0.1, 0.15) is 6.61 Å². The minimum atomic E-state index is -0.285. The fourth-order valence-electron chi connectivity index (χ4n) is 4.86. The highest BCUT2D eigenvalue weighted by Crippen LogP contribution is 2.29. The third kappa shape index (κ3) is 4.58. The molecule has 0 atom stereocenters. The molecule has 5 aromatic rings. The summed E-state index contributed by atoms with van der Waals surface area (Å²) in [6.45, 7) is 4.91. The van der Waals surface area contributed by atoms with Crippen LogP contribution in [0.1, 0.15) is 17.5 Å². The molecule has 8 nitrogen and oxygen atoms in total. The van der Waals surface area contributed by atoms with Gasteiger partial charge in [-0.1, -0.05) is 66.2 Å². The molecule has 1 amide bonds. The van der Waals surface area contributed by atoms with E-state index in [-0.39, 0.29) is 12.7 Å². The second-order valence-corrected chi connectivity index (χ2v) is 9.35. The van der Waals surface area contributed by atoms with Gasteiger partial charge in [-0.3, -0.25) is 0 Å². The Morgan fingerprint density at radius 1 is 0.892 bits per heavy atom. The number of ether oxygens (including phenoxy) is 1. The number of aryl methyl sites for hydroxylation is 1. The number of nitrogens with zero attached hydrogens (tertiary/aromatic N) is 6. The van der Waals surface area contributed by atoms with Gasteiger partial charge in [-0.05, 0) is 37.1 Å². The molecule has 0 aliphatic carbocycles. The van der Waals surface area contributed by atoms with E-state index in [4.69, 9.17) is 9.72 Å². The third-order valence-corrected chi connectivity index (χ3v) is 6.75. The zero-order chi connectivity index (χ0) is 25.2. The van der Waals surface area contributed by atoms with Gasteiger partial charge in [0, 0.05) is 37.1 Å². The van der Waals surface area contributed by atoms with Crippen molar-refractivity contribution in [1.29, 1.82) is 0 Å². The van der Waals surface area contributed by atoms with Gasteiger partial charge in [0.15, 0.2) is 11.5 Å². The number of anilines is 1. The summed E-state index contributed by atoms with van der Waals surface area (Å²) in [7, 11) is 0. The van der Waals surface area contributed by atoms with Crippen molar-refractivity contribution in [3.8, 4) is 11.4 Å². The number of benzene rings is 3. The second-order valence-electron chi connectivity index (χ2n) is 9.35. The zero-order valence-corrected chi connectivity index (χ0v) is 20.7. The number of aromatic nitrogens is 4. The van der Waals surface area contributed by atoms with Gasteiger partial charge in [0.25, 0.3) is 0 Å². The van der Waals surface area contributed by atoms with Gasteiger partial charge in [-0.15, -0.1) is 10.2 Å². The highest BCUT2D eigenvalue weighted by atomic mass is 16.6. The Bertz CT molecular complexity index is 1570. The third-order valence-electron chi connectivity index (χ3n) is 6.75. The number of hydrogen-bond acceptors (Lipinski definition) is 6. The number of carbonyl (C=O) groups excluding carboxylic acids is 1. The Hall–Kier alpha value is -4.46. The van der Waals surface area contributed by atoms with Gasteiger partial charge in [0.2, 0.25) is 5.95 Å². The van der Waals surface area contributed by atoms with Crippen LogP contribution in [-0.2, 0) is 11.3 Å². The van der Waals surface area contributed by atoms with Gasteiger partial charge >= 0.3 is 6.09 Å². The standard InChI is InChI=1S/C29H28N6O2/c1-21-9-7-12-23(19-21)26-31-32-27-24-13-5-6-14-25(24)30-28(35(26)27)33-15-8-16-34(18-17-33)29(36)37-20-22-10-3-2-4-11-22/h2-7,9-14,19H,8,15-18,20H2,1H3. The van der Waals surface area contributed by atoms with E-state index < -0.39 is 0 Å². The Morgan fingerprint density at radius 2 is 1.73 bits per heavy atom. The molecule has 186 valence electrons. The van der Waals surface area contributed by atoms with Gasteiger partial charge in [-0.2, -0.15) is 0 Å². The predicted molar refractivity (Wildman–Crippen MR) is 143 cm³/mol. The molecule has 0 saturated carbocycles. The van der Waals surface area contributed by atoms with Crippen molar-refractivity contribution in [3.05, 3.63) is 90.0 Å². The van der Waals surface area contributed by atoms with Crippen molar-refractivity contribution < 1.29 is 9.53 Å². The molecule has 0 unspecified atom stereocenters. The van der Waals surface area contributed by atoms with E-state index in [1.54, 1.807) is 4.90 Å². The topological polar surface area (TPSA) is 75.9 Å². The van der Waals surface area contributed by atoms with Crippen LogP contribution in [0.3, 0.4) is 0 Å². The average molecular weight is 493 g/mol. The predicted octanol–water partition coefficient (Wildman–Crippen LogP) is 5.10. The molecule has 0 radical (unpaired) electrons. The number of carbonyl (C=O) groups is 1. The molecule has 1 fully saturated rings. The molecule has 37 heavy (non-hydrogen) atoms. The molecule has 0 N–H and O–H groups in total. The first-order valence-electron chi connectivity index (χ1n) is 12.6. The minimum absolute atomic E-state index is 0.271. The van der Waals surface area contributed by atoms with Crippen LogP contribution in [0.2, 0.25) is 0 Å². The summed E-state index contributed by atoms with van der Waals surface area (Å²) in [4.78, 5) is 21.9. The van der Waals surface area contributed by atoms with E-state index >= 15 is 0 Å². The number of amides is 1. The first kappa shape index (κ1) is 23.0. The van der Waals surface area contributed by atoms with Crippen molar-refractivity contribution in [3.63, 3.8) is 0 Å². The molecule has 0 spiro atoms. The van der Waals surface area contributed by atoms with E-state index in [1.807, 2.05) is 60.7 Å². The maximum Gasteiger partial charge on any atom is 0.410 e. The van der Waals surface area contributed by atoms with Gasteiger partial charge < -0.3 is 14.5 Å². The number of hydrogen-bond donors (Lipinski definition) is 0. The summed E-state index contributed by atoms with van der Waals surface area (Å²) >= 11 is 0. The maximum atomic E-state index is 12.8. The van der Waals surface area contributed by atoms with Crippen molar-refractivity contribution in [2.45, 2.75) is 20.0 Å². The zero-order valence-electron chi connectivity index (χ0n) is 20.7. The van der Waals surface area contributed by atoms with Crippen molar-refractivity contribution in [1.82, 2.24) is 24.5 Å². The smallest absolute Gasteiger partial charge is 0.410 e. The van der Waals surface area contributed by atoms with E-state index in [0.717, 1.165) is 58.0 Å². The molecule has 3 heterocycles. The lowest BCUT2D eigenvalue weighted by molar-refractivity contribution is 0.0986. The number of fused-ring (bicyclic) bond motifs is 3. The van der Waals surface area contributed by atoms with Crippen molar-refractivity contribution in [2.75, 3.05) is 31.1 Å². The van der Waals surface area contributed by atoms with Crippen molar-refractivity contribution in [2.24, 2.45) is 0 Å². The Labute approximate surface area is 215 Å². The molecule has 0 bridgehead atoms. The average Bonchev–Trinajstić information content (AvgIpc) is 3.23. The van der Waals surface area contributed by atoms with Crippen LogP contribution >= 0.6 is 0 Å². The van der Waals surface area contributed by atoms with Crippen LogP contribution in [0.5, 0.6) is 0 Å². The summed E-state index contributed by atoms with van der Waals surface area (Å²) in [5.74, 6) is 1.55. The molecule has 6 rings (SSSR count). The van der Waals surface area contributed by atoms with Crippen LogP contribution < -0.4 is 4.90 Å². The fraction of sp³-hybridized carbons (Fsp3) is 0.241. The van der Waals surface area contributed by atoms with E-state index in [0.29, 0.717) is 19.6 Å². The van der Waals surface area contributed by atoms with Gasteiger partial charge in [-0.25, -0.2) is 14.2 Å². The largest absolute Gasteiger partial charge is 0.445 e. The molecule has 2 aromatic heterocycles. The molecular formula is C29H28N6O2. The highest BCUT2D eigenvalue weighted by Gasteiger charge is 2.25. The van der Waals surface area contributed by atoms with Crippen LogP contribution in [0.25, 0.3) is 27.9 Å².